The Balaban J connectivity index is 1.56. The van der Waals surface area contributed by atoms with E-state index < -0.39 is 5.97 Å². The van der Waals surface area contributed by atoms with Crippen LogP contribution in [-0.4, -0.2) is 28.8 Å². The largest absolute Gasteiger partial charge is 0.493 e. The van der Waals surface area contributed by atoms with Crippen molar-refractivity contribution in [3.63, 3.8) is 0 Å². The minimum absolute atomic E-state index is 0.0582. The van der Waals surface area contributed by atoms with E-state index in [2.05, 4.69) is 24.0 Å². The van der Waals surface area contributed by atoms with Gasteiger partial charge in [0.2, 0.25) is 5.89 Å². The van der Waals surface area contributed by atoms with E-state index in [1.54, 1.807) is 12.5 Å². The molecule has 31 heavy (non-hydrogen) atoms. The molecule has 0 saturated heterocycles. The van der Waals surface area contributed by atoms with Crippen LogP contribution in [0, 0.1) is 6.92 Å². The molecule has 0 aliphatic heterocycles. The van der Waals surface area contributed by atoms with Gasteiger partial charge in [-0.2, -0.15) is 0 Å². The number of benzene rings is 2. The predicted octanol–water partition coefficient (Wildman–Crippen LogP) is 5.47. The van der Waals surface area contributed by atoms with Crippen molar-refractivity contribution < 1.29 is 23.8 Å². The lowest BCUT2D eigenvalue weighted by Gasteiger charge is -2.18. The van der Waals surface area contributed by atoms with Crippen LogP contribution in [0.4, 0.5) is 0 Å². The van der Waals surface area contributed by atoms with Crippen molar-refractivity contribution in [2.45, 2.75) is 52.6 Å². The molecule has 1 aromatic heterocycles. The van der Waals surface area contributed by atoms with Crippen molar-refractivity contribution in [3.05, 3.63) is 65.5 Å². The van der Waals surface area contributed by atoms with Gasteiger partial charge in [-0.05, 0) is 67.6 Å². The smallest absolute Gasteiger partial charge is 0.303 e. The lowest BCUT2D eigenvalue weighted by Crippen LogP contribution is -2.16. The van der Waals surface area contributed by atoms with Crippen LogP contribution in [0.3, 0.4) is 0 Å². The summed E-state index contributed by atoms with van der Waals surface area (Å²) in [6.07, 6.45) is 5.41. The molecule has 0 amide bonds. The highest BCUT2D eigenvalue weighted by atomic mass is 16.5. The van der Waals surface area contributed by atoms with E-state index in [0.717, 1.165) is 34.6 Å². The van der Waals surface area contributed by atoms with Gasteiger partial charge in [0.25, 0.3) is 0 Å². The van der Waals surface area contributed by atoms with Crippen LogP contribution in [0.2, 0.25) is 0 Å². The van der Waals surface area contributed by atoms with Crippen LogP contribution in [0.15, 0.2) is 53.3 Å². The van der Waals surface area contributed by atoms with E-state index in [-0.39, 0.29) is 12.5 Å². The summed E-state index contributed by atoms with van der Waals surface area (Å²) >= 11 is 0. The molecule has 0 spiro atoms. The third-order valence-corrected chi connectivity index (χ3v) is 5.16. The van der Waals surface area contributed by atoms with E-state index in [4.69, 9.17) is 19.0 Å². The van der Waals surface area contributed by atoms with Gasteiger partial charge >= 0.3 is 5.97 Å². The lowest BCUT2D eigenvalue weighted by molar-refractivity contribution is -0.136. The summed E-state index contributed by atoms with van der Waals surface area (Å²) in [6.45, 7) is 6.60. The van der Waals surface area contributed by atoms with Crippen molar-refractivity contribution >= 4 is 5.97 Å². The molecule has 3 rings (SSSR count). The molecule has 0 fully saturated rings. The number of carbonyl (C=O) groups is 1. The average Bonchev–Trinajstić information content (AvgIpc) is 3.28. The summed E-state index contributed by atoms with van der Waals surface area (Å²) in [6, 6.07) is 11.9. The first-order valence-electron chi connectivity index (χ1n) is 10.6. The summed E-state index contributed by atoms with van der Waals surface area (Å²) in [5.41, 5.74) is 4.11. The number of aliphatic carboxylic acids is 1. The highest BCUT2D eigenvalue weighted by Gasteiger charge is 2.14. The molecule has 0 radical (unpaired) electrons. The van der Waals surface area contributed by atoms with Crippen LogP contribution >= 0.6 is 0 Å². The Hall–Kier alpha value is -3.28. The van der Waals surface area contributed by atoms with Gasteiger partial charge in [-0.1, -0.05) is 19.1 Å². The highest BCUT2D eigenvalue weighted by Crippen LogP contribution is 2.31. The number of ether oxygens (including phenoxy) is 2. The zero-order valence-corrected chi connectivity index (χ0v) is 18.3. The molecule has 0 unspecified atom stereocenters. The lowest BCUT2D eigenvalue weighted by atomic mass is 10.0. The van der Waals surface area contributed by atoms with Gasteiger partial charge in [0, 0.05) is 12.8 Å². The number of hydrogen-bond donors (Lipinski definition) is 1. The molecule has 6 heteroatoms. The molecular formula is C25H29NO5. The van der Waals surface area contributed by atoms with Gasteiger partial charge in [0.15, 0.2) is 0 Å². The Labute approximate surface area is 182 Å². The maximum Gasteiger partial charge on any atom is 0.303 e. The normalized spacial score (nSPS) is 11.8. The van der Waals surface area contributed by atoms with Crippen molar-refractivity contribution in [2.75, 3.05) is 6.61 Å². The SMILES string of the molecule is CCc1ccc(O[C@@H](C)CCOc2ccc(CCC(=O)O)c(C)c2)c(-c2ncco2)c1. The van der Waals surface area contributed by atoms with Gasteiger partial charge in [-0.3, -0.25) is 4.79 Å². The molecule has 0 bridgehead atoms. The second-order valence-corrected chi connectivity index (χ2v) is 7.57. The minimum atomic E-state index is -0.788. The highest BCUT2D eigenvalue weighted by molar-refractivity contribution is 5.67. The van der Waals surface area contributed by atoms with Gasteiger partial charge in [0.1, 0.15) is 17.8 Å². The third-order valence-electron chi connectivity index (χ3n) is 5.16. The predicted molar refractivity (Wildman–Crippen MR) is 119 cm³/mol. The van der Waals surface area contributed by atoms with Crippen molar-refractivity contribution in [2.24, 2.45) is 0 Å². The first-order chi connectivity index (χ1) is 15.0. The Morgan fingerprint density at radius 1 is 1.23 bits per heavy atom. The number of oxazole rings is 1. The van der Waals surface area contributed by atoms with Crippen molar-refractivity contribution in [3.8, 4) is 23.0 Å². The first kappa shape index (κ1) is 22.4. The average molecular weight is 424 g/mol. The summed E-state index contributed by atoms with van der Waals surface area (Å²) in [4.78, 5) is 15.0. The van der Waals surface area contributed by atoms with Gasteiger partial charge in [-0.15, -0.1) is 0 Å². The maximum atomic E-state index is 10.8. The van der Waals surface area contributed by atoms with Gasteiger partial charge in [-0.25, -0.2) is 4.98 Å². The Morgan fingerprint density at radius 2 is 2.06 bits per heavy atom. The van der Waals surface area contributed by atoms with Crippen molar-refractivity contribution in [1.82, 2.24) is 4.98 Å². The fourth-order valence-corrected chi connectivity index (χ4v) is 3.32. The van der Waals surface area contributed by atoms with Crippen LogP contribution < -0.4 is 9.47 Å². The van der Waals surface area contributed by atoms with Crippen LogP contribution in [0.25, 0.3) is 11.5 Å². The molecule has 0 saturated carbocycles. The van der Waals surface area contributed by atoms with E-state index in [9.17, 15) is 4.79 Å². The van der Waals surface area contributed by atoms with Gasteiger partial charge < -0.3 is 19.0 Å². The number of aromatic nitrogens is 1. The second kappa shape index (κ2) is 10.7. The Bertz CT molecular complexity index is 997. The summed E-state index contributed by atoms with van der Waals surface area (Å²) in [5.74, 6) is 1.28. The summed E-state index contributed by atoms with van der Waals surface area (Å²) in [7, 11) is 0. The summed E-state index contributed by atoms with van der Waals surface area (Å²) in [5, 5.41) is 8.85. The third kappa shape index (κ3) is 6.35. The van der Waals surface area contributed by atoms with E-state index >= 15 is 0 Å². The molecule has 6 nitrogen and oxygen atoms in total. The molecule has 1 N–H and O–H groups in total. The summed E-state index contributed by atoms with van der Waals surface area (Å²) < 4.78 is 17.5. The number of aryl methyl sites for hydroxylation is 3. The zero-order chi connectivity index (χ0) is 22.2. The van der Waals surface area contributed by atoms with Gasteiger partial charge in [0.05, 0.1) is 24.5 Å². The molecule has 1 heterocycles. The quantitative estimate of drug-likeness (QED) is 0.441. The van der Waals surface area contributed by atoms with E-state index in [1.165, 1.54) is 5.56 Å². The Kier molecular flexibility index (Phi) is 7.70. The monoisotopic (exact) mass is 423 g/mol. The molecule has 2 aromatic carbocycles. The Morgan fingerprint density at radius 3 is 2.74 bits per heavy atom. The molecule has 1 atom stereocenters. The van der Waals surface area contributed by atoms with Crippen LogP contribution in [-0.2, 0) is 17.6 Å². The standard InChI is InChI=1S/C25H29NO5/c1-4-19-5-9-23(22(16-19)25-26-12-14-30-25)31-18(3)11-13-29-21-8-6-20(17(2)15-21)7-10-24(27)28/h5-6,8-9,12,14-16,18H,4,7,10-11,13H2,1-3H3,(H,27,28)/t18-/m0/s1. The fraction of sp³-hybridized carbons (Fsp3) is 0.360. The first-order valence-corrected chi connectivity index (χ1v) is 10.6. The number of nitrogens with zero attached hydrogens (tertiary/aromatic N) is 1. The maximum absolute atomic E-state index is 10.8. The van der Waals surface area contributed by atoms with Crippen molar-refractivity contribution in [1.29, 1.82) is 0 Å². The van der Waals surface area contributed by atoms with Crippen LogP contribution in [0.5, 0.6) is 11.5 Å². The second-order valence-electron chi connectivity index (χ2n) is 7.57. The molecule has 0 aliphatic rings. The number of carboxylic acid groups (broad SMARTS) is 1. The molecular weight excluding hydrogens is 394 g/mol. The van der Waals surface area contributed by atoms with E-state index in [0.29, 0.717) is 25.3 Å². The zero-order valence-electron chi connectivity index (χ0n) is 18.3. The minimum Gasteiger partial charge on any atom is -0.493 e. The number of carboxylic acids is 1. The fourth-order valence-electron chi connectivity index (χ4n) is 3.32. The van der Waals surface area contributed by atoms with E-state index in [1.807, 2.05) is 38.1 Å². The molecule has 3 aromatic rings. The molecule has 0 aliphatic carbocycles. The number of hydrogen-bond acceptors (Lipinski definition) is 5. The molecule has 164 valence electrons. The number of rotatable bonds is 11. The topological polar surface area (TPSA) is 81.8 Å². The van der Waals surface area contributed by atoms with Crippen LogP contribution in [0.1, 0.15) is 43.4 Å².